The molecule has 0 saturated heterocycles. The molecule has 0 aliphatic carbocycles. The summed E-state index contributed by atoms with van der Waals surface area (Å²) in [7, 11) is 0. The first-order chi connectivity index (χ1) is 9.23. The maximum Gasteiger partial charge on any atom is 0.161 e. The van der Waals surface area contributed by atoms with E-state index in [1.807, 2.05) is 11.8 Å². The van der Waals surface area contributed by atoms with Gasteiger partial charge in [0, 0.05) is 18.0 Å². The van der Waals surface area contributed by atoms with Crippen LogP contribution in [0, 0.1) is 5.41 Å². The lowest BCUT2D eigenvalue weighted by Gasteiger charge is -2.33. The first kappa shape index (κ1) is 14.4. The van der Waals surface area contributed by atoms with Gasteiger partial charge in [-0.25, -0.2) is 0 Å². The number of nitrogens with zero attached hydrogens (tertiary/aromatic N) is 1. The molecule has 0 atom stereocenters. The third-order valence-electron chi connectivity index (χ3n) is 4.21. The predicted molar refractivity (Wildman–Crippen MR) is 87.2 cm³/mol. The average molecular weight is 276 g/mol. The fourth-order valence-corrected chi connectivity index (χ4v) is 3.65. The number of hydrogen-bond acceptors (Lipinski definition) is 3. The van der Waals surface area contributed by atoms with Crippen LogP contribution in [-0.2, 0) is 6.42 Å². The molecule has 3 heteroatoms. The Bertz CT molecular complexity index is 450. The molecule has 0 bridgehead atoms. The van der Waals surface area contributed by atoms with Crippen LogP contribution in [0.3, 0.4) is 0 Å². The van der Waals surface area contributed by atoms with E-state index < -0.39 is 0 Å². The first-order valence-corrected chi connectivity index (χ1v) is 8.23. The monoisotopic (exact) mass is 276 g/mol. The van der Waals surface area contributed by atoms with E-state index in [4.69, 9.17) is 4.99 Å². The summed E-state index contributed by atoms with van der Waals surface area (Å²) in [5, 5.41) is 4.58. The van der Waals surface area contributed by atoms with Gasteiger partial charge in [0.25, 0.3) is 0 Å². The van der Waals surface area contributed by atoms with E-state index in [9.17, 15) is 0 Å². The van der Waals surface area contributed by atoms with Gasteiger partial charge in [-0.05, 0) is 36.3 Å². The van der Waals surface area contributed by atoms with Crippen molar-refractivity contribution in [3.8, 4) is 0 Å². The Morgan fingerprint density at radius 3 is 2.53 bits per heavy atom. The molecule has 0 aromatic heterocycles. The Morgan fingerprint density at radius 2 is 1.95 bits per heavy atom. The van der Waals surface area contributed by atoms with Crippen molar-refractivity contribution in [2.75, 3.05) is 17.6 Å². The van der Waals surface area contributed by atoms with Crippen LogP contribution in [0.4, 0.5) is 5.69 Å². The van der Waals surface area contributed by atoms with Gasteiger partial charge in [-0.2, -0.15) is 0 Å². The molecule has 0 spiro atoms. The van der Waals surface area contributed by atoms with Crippen LogP contribution in [0.2, 0.25) is 0 Å². The van der Waals surface area contributed by atoms with Crippen molar-refractivity contribution in [3.63, 3.8) is 0 Å². The fraction of sp³-hybridized carbons (Fsp3) is 0.562. The van der Waals surface area contributed by atoms with Crippen molar-refractivity contribution in [1.29, 1.82) is 0 Å². The summed E-state index contributed by atoms with van der Waals surface area (Å²) < 4.78 is 0. The Labute approximate surface area is 121 Å². The highest BCUT2D eigenvalue weighted by molar-refractivity contribution is 8.14. The van der Waals surface area contributed by atoms with E-state index >= 15 is 0 Å². The van der Waals surface area contributed by atoms with Gasteiger partial charge in [0.1, 0.15) is 0 Å². The van der Waals surface area contributed by atoms with Gasteiger partial charge in [-0.3, -0.25) is 4.99 Å². The summed E-state index contributed by atoms with van der Waals surface area (Å²) in [6.07, 6.45) is 3.49. The molecule has 1 aliphatic heterocycles. The second kappa shape index (κ2) is 6.47. The number of rotatable bonds is 4. The molecule has 0 fully saturated rings. The Hall–Kier alpha value is -0.960. The first-order valence-electron chi connectivity index (χ1n) is 7.25. The average Bonchev–Trinajstić information content (AvgIpc) is 2.49. The smallest absolute Gasteiger partial charge is 0.161 e. The number of amidine groups is 1. The maximum atomic E-state index is 4.76. The number of aryl methyl sites for hydroxylation is 1. The maximum absolute atomic E-state index is 4.76. The molecule has 104 valence electrons. The van der Waals surface area contributed by atoms with Crippen molar-refractivity contribution < 1.29 is 0 Å². The summed E-state index contributed by atoms with van der Waals surface area (Å²) in [6, 6.07) is 8.50. The zero-order valence-electron chi connectivity index (χ0n) is 12.2. The highest BCUT2D eigenvalue weighted by atomic mass is 32.2. The summed E-state index contributed by atoms with van der Waals surface area (Å²) in [5.74, 6) is 1.18. The van der Waals surface area contributed by atoms with E-state index in [0.717, 1.165) is 18.1 Å². The van der Waals surface area contributed by atoms with Gasteiger partial charge in [0.2, 0.25) is 0 Å². The minimum atomic E-state index is 0.417. The molecule has 1 aromatic rings. The molecule has 0 amide bonds. The summed E-state index contributed by atoms with van der Waals surface area (Å²) >= 11 is 1.87. The van der Waals surface area contributed by atoms with E-state index in [2.05, 4.69) is 50.4 Å². The van der Waals surface area contributed by atoms with Gasteiger partial charge in [0.15, 0.2) is 5.17 Å². The van der Waals surface area contributed by atoms with Crippen LogP contribution in [0.25, 0.3) is 0 Å². The molecule has 1 heterocycles. The molecule has 19 heavy (non-hydrogen) atoms. The van der Waals surface area contributed by atoms with Crippen molar-refractivity contribution in [3.05, 3.63) is 29.8 Å². The number of aliphatic imine (C=N–C) groups is 1. The van der Waals surface area contributed by atoms with Crippen LogP contribution >= 0.6 is 11.8 Å². The number of anilines is 1. The zero-order chi connectivity index (χ0) is 13.7. The van der Waals surface area contributed by atoms with Crippen molar-refractivity contribution in [2.24, 2.45) is 10.4 Å². The van der Waals surface area contributed by atoms with E-state index in [-0.39, 0.29) is 0 Å². The standard InChI is InChI=1S/C16H24N2S/c1-4-13-9-7-8-10-14(13)18-15-17-11-16(5-2,6-3)12-19-15/h7-10H,4-6,11-12H2,1-3H3,(H,17,18). The highest BCUT2D eigenvalue weighted by Gasteiger charge is 2.30. The van der Waals surface area contributed by atoms with Crippen molar-refractivity contribution in [2.45, 2.75) is 40.0 Å². The van der Waals surface area contributed by atoms with Gasteiger partial charge < -0.3 is 5.32 Å². The van der Waals surface area contributed by atoms with Crippen molar-refractivity contribution >= 4 is 22.6 Å². The van der Waals surface area contributed by atoms with Gasteiger partial charge in [-0.15, -0.1) is 0 Å². The highest BCUT2D eigenvalue weighted by Crippen LogP contribution is 2.35. The lowest BCUT2D eigenvalue weighted by atomic mass is 9.84. The molecular weight excluding hydrogens is 252 g/mol. The third-order valence-corrected chi connectivity index (χ3v) is 5.47. The topological polar surface area (TPSA) is 24.4 Å². The van der Waals surface area contributed by atoms with Crippen LogP contribution in [0.1, 0.15) is 39.2 Å². The van der Waals surface area contributed by atoms with Crippen LogP contribution < -0.4 is 5.32 Å². The molecule has 1 aromatic carbocycles. The number of thioether (sulfide) groups is 1. The molecule has 2 rings (SSSR count). The number of nitrogens with one attached hydrogen (secondary N) is 1. The number of benzene rings is 1. The van der Waals surface area contributed by atoms with Gasteiger partial charge in [-0.1, -0.05) is 50.7 Å². The lowest BCUT2D eigenvalue weighted by Crippen LogP contribution is -2.32. The summed E-state index contributed by atoms with van der Waals surface area (Å²) in [4.78, 5) is 4.76. The number of para-hydroxylation sites is 1. The van der Waals surface area contributed by atoms with Crippen molar-refractivity contribution in [1.82, 2.24) is 0 Å². The van der Waals surface area contributed by atoms with E-state index in [0.29, 0.717) is 5.41 Å². The number of hydrogen-bond donors (Lipinski definition) is 1. The Kier molecular flexibility index (Phi) is 4.92. The molecular formula is C16H24N2S. The van der Waals surface area contributed by atoms with E-state index in [1.165, 1.54) is 29.8 Å². The molecule has 1 N–H and O–H groups in total. The quantitative estimate of drug-likeness (QED) is 0.871. The minimum Gasteiger partial charge on any atom is -0.335 e. The molecule has 1 aliphatic rings. The molecule has 2 nitrogen and oxygen atoms in total. The van der Waals surface area contributed by atoms with Crippen LogP contribution in [0.15, 0.2) is 29.3 Å². The predicted octanol–water partition coefficient (Wildman–Crippen LogP) is 4.57. The molecule has 0 unspecified atom stereocenters. The second-order valence-corrected chi connectivity index (χ2v) is 6.22. The summed E-state index contributed by atoms with van der Waals surface area (Å²) in [6.45, 7) is 7.72. The summed E-state index contributed by atoms with van der Waals surface area (Å²) in [5.41, 5.74) is 2.98. The largest absolute Gasteiger partial charge is 0.335 e. The lowest BCUT2D eigenvalue weighted by molar-refractivity contribution is 0.318. The van der Waals surface area contributed by atoms with Crippen LogP contribution in [0.5, 0.6) is 0 Å². The minimum absolute atomic E-state index is 0.417. The zero-order valence-corrected chi connectivity index (χ0v) is 13.0. The van der Waals surface area contributed by atoms with Crippen LogP contribution in [-0.4, -0.2) is 17.5 Å². The Balaban J connectivity index is 2.07. The second-order valence-electron chi connectivity index (χ2n) is 5.25. The molecule has 0 saturated carbocycles. The normalized spacial score (nSPS) is 17.9. The Morgan fingerprint density at radius 1 is 1.21 bits per heavy atom. The SMILES string of the molecule is CCc1ccccc1NC1=NCC(CC)(CC)CS1. The van der Waals surface area contributed by atoms with E-state index in [1.54, 1.807) is 0 Å². The van der Waals surface area contributed by atoms with Gasteiger partial charge >= 0.3 is 0 Å². The third kappa shape index (κ3) is 3.33. The fourth-order valence-electron chi connectivity index (χ4n) is 2.37. The molecule has 0 radical (unpaired) electrons. The van der Waals surface area contributed by atoms with Gasteiger partial charge in [0.05, 0.1) is 0 Å².